The van der Waals surface area contributed by atoms with Gasteiger partial charge in [-0.2, -0.15) is 0 Å². The SMILES string of the molecule is [N-]=[N+]=Nc1ccc(-c2ccccc2S(N)(=O)=O)cc1[N+](=O)[O-]. The van der Waals surface area contributed by atoms with Gasteiger partial charge in [0, 0.05) is 16.5 Å². The average Bonchev–Trinajstić information content (AvgIpc) is 2.47. The average molecular weight is 319 g/mol. The first-order valence-corrected chi connectivity index (χ1v) is 7.35. The summed E-state index contributed by atoms with van der Waals surface area (Å²) in [6, 6.07) is 9.65. The molecular weight excluding hydrogens is 310 g/mol. The molecule has 0 fully saturated rings. The number of azide groups is 1. The van der Waals surface area contributed by atoms with Crippen molar-refractivity contribution >= 4 is 21.4 Å². The number of benzene rings is 2. The maximum Gasteiger partial charge on any atom is 0.279 e. The lowest BCUT2D eigenvalue weighted by Gasteiger charge is -2.08. The van der Waals surface area contributed by atoms with Crippen LogP contribution >= 0.6 is 0 Å². The van der Waals surface area contributed by atoms with Crippen molar-refractivity contribution in [2.75, 3.05) is 0 Å². The zero-order chi connectivity index (χ0) is 16.3. The summed E-state index contributed by atoms with van der Waals surface area (Å²) in [5.74, 6) is 0. The van der Waals surface area contributed by atoms with Gasteiger partial charge in [-0.3, -0.25) is 10.1 Å². The molecule has 0 radical (unpaired) electrons. The van der Waals surface area contributed by atoms with E-state index >= 15 is 0 Å². The lowest BCUT2D eigenvalue weighted by molar-refractivity contribution is -0.384. The van der Waals surface area contributed by atoms with Gasteiger partial charge < -0.3 is 0 Å². The first-order valence-electron chi connectivity index (χ1n) is 5.80. The fourth-order valence-electron chi connectivity index (χ4n) is 1.92. The molecule has 0 saturated carbocycles. The molecule has 10 heteroatoms. The molecule has 0 spiro atoms. The van der Waals surface area contributed by atoms with Gasteiger partial charge in [0.2, 0.25) is 10.0 Å². The molecule has 0 aliphatic carbocycles. The molecule has 0 aliphatic rings. The second-order valence-corrected chi connectivity index (χ2v) is 5.72. The van der Waals surface area contributed by atoms with Gasteiger partial charge in [-0.25, -0.2) is 13.6 Å². The lowest BCUT2D eigenvalue weighted by atomic mass is 10.0. The van der Waals surface area contributed by atoms with E-state index in [9.17, 15) is 18.5 Å². The van der Waals surface area contributed by atoms with Crippen molar-refractivity contribution in [3.63, 3.8) is 0 Å². The Morgan fingerprint density at radius 1 is 1.23 bits per heavy atom. The van der Waals surface area contributed by atoms with Crippen LogP contribution in [-0.4, -0.2) is 13.3 Å². The van der Waals surface area contributed by atoms with Crippen LogP contribution < -0.4 is 5.14 Å². The van der Waals surface area contributed by atoms with Crippen molar-refractivity contribution in [3.8, 4) is 11.1 Å². The molecule has 0 bridgehead atoms. The summed E-state index contributed by atoms with van der Waals surface area (Å²) in [5.41, 5.74) is 8.30. The van der Waals surface area contributed by atoms with Gasteiger partial charge in [-0.1, -0.05) is 29.4 Å². The van der Waals surface area contributed by atoms with Gasteiger partial charge >= 0.3 is 0 Å². The molecule has 0 amide bonds. The minimum atomic E-state index is -3.99. The molecule has 0 saturated heterocycles. The first-order chi connectivity index (χ1) is 10.3. The number of hydrogen-bond donors (Lipinski definition) is 1. The van der Waals surface area contributed by atoms with Crippen molar-refractivity contribution in [3.05, 3.63) is 63.0 Å². The van der Waals surface area contributed by atoms with Gasteiger partial charge in [-0.15, -0.1) is 0 Å². The van der Waals surface area contributed by atoms with Crippen LogP contribution in [0.15, 0.2) is 52.5 Å². The van der Waals surface area contributed by atoms with Crippen LogP contribution in [0.1, 0.15) is 0 Å². The van der Waals surface area contributed by atoms with E-state index in [1.807, 2.05) is 0 Å². The molecule has 2 rings (SSSR count). The van der Waals surface area contributed by atoms with E-state index in [0.717, 1.165) is 6.07 Å². The third-order valence-electron chi connectivity index (χ3n) is 2.83. The predicted octanol–water partition coefficient (Wildman–Crippen LogP) is 2.85. The second-order valence-electron chi connectivity index (χ2n) is 4.19. The van der Waals surface area contributed by atoms with Crippen LogP contribution in [0.2, 0.25) is 0 Å². The van der Waals surface area contributed by atoms with E-state index < -0.39 is 20.6 Å². The minimum Gasteiger partial charge on any atom is -0.258 e. The van der Waals surface area contributed by atoms with Crippen molar-refractivity contribution in [1.29, 1.82) is 0 Å². The lowest BCUT2D eigenvalue weighted by Crippen LogP contribution is -2.13. The molecule has 0 heterocycles. The first kappa shape index (κ1) is 15.4. The second kappa shape index (κ2) is 5.82. The number of sulfonamides is 1. The van der Waals surface area contributed by atoms with Crippen molar-refractivity contribution in [2.45, 2.75) is 4.90 Å². The maximum absolute atomic E-state index is 11.6. The van der Waals surface area contributed by atoms with E-state index in [-0.39, 0.29) is 21.7 Å². The van der Waals surface area contributed by atoms with Gasteiger partial charge in [0.05, 0.1) is 9.82 Å². The monoisotopic (exact) mass is 319 g/mol. The standard InChI is InChI=1S/C12H9N5O4S/c13-16-15-10-6-5-8(7-11(10)17(18)19)9-3-1-2-4-12(9)22(14,20)21/h1-7H,(H2,14,20,21). The smallest absolute Gasteiger partial charge is 0.258 e. The number of nitrogens with two attached hydrogens (primary N) is 1. The summed E-state index contributed by atoms with van der Waals surface area (Å²) in [6.45, 7) is 0. The van der Waals surface area contributed by atoms with Crippen molar-refractivity contribution in [1.82, 2.24) is 0 Å². The molecule has 2 aromatic rings. The zero-order valence-electron chi connectivity index (χ0n) is 10.9. The number of nitro benzene ring substituents is 1. The van der Waals surface area contributed by atoms with Crippen LogP contribution in [0.4, 0.5) is 11.4 Å². The molecule has 0 aromatic heterocycles. The van der Waals surface area contributed by atoms with Gasteiger partial charge in [-0.05, 0) is 23.2 Å². The van der Waals surface area contributed by atoms with Crippen LogP contribution in [0.3, 0.4) is 0 Å². The Morgan fingerprint density at radius 2 is 1.91 bits per heavy atom. The number of hydrogen-bond acceptors (Lipinski definition) is 5. The summed E-state index contributed by atoms with van der Waals surface area (Å²) < 4.78 is 23.2. The Kier molecular flexibility index (Phi) is 4.08. The topological polar surface area (TPSA) is 152 Å². The molecule has 2 aromatic carbocycles. The fraction of sp³-hybridized carbons (Fsp3) is 0. The van der Waals surface area contributed by atoms with E-state index in [2.05, 4.69) is 10.0 Å². The molecule has 112 valence electrons. The Hall–Kier alpha value is -2.94. The fourth-order valence-corrected chi connectivity index (χ4v) is 2.68. The molecule has 22 heavy (non-hydrogen) atoms. The van der Waals surface area contributed by atoms with Crippen molar-refractivity contribution < 1.29 is 13.3 Å². The van der Waals surface area contributed by atoms with E-state index in [4.69, 9.17) is 10.7 Å². The van der Waals surface area contributed by atoms with Gasteiger partial charge in [0.25, 0.3) is 5.69 Å². The van der Waals surface area contributed by atoms with E-state index in [1.165, 1.54) is 30.3 Å². The van der Waals surface area contributed by atoms with Crippen molar-refractivity contribution in [2.24, 2.45) is 10.3 Å². The highest BCUT2D eigenvalue weighted by Gasteiger charge is 2.18. The number of primary sulfonamides is 1. The quantitative estimate of drug-likeness (QED) is 0.302. The number of rotatable bonds is 4. The predicted molar refractivity (Wildman–Crippen MR) is 78.7 cm³/mol. The molecule has 0 unspecified atom stereocenters. The van der Waals surface area contributed by atoms with Crippen LogP contribution in [0.5, 0.6) is 0 Å². The van der Waals surface area contributed by atoms with Crippen LogP contribution in [0.25, 0.3) is 21.6 Å². The minimum absolute atomic E-state index is 0.152. The van der Waals surface area contributed by atoms with Gasteiger partial charge in [0.1, 0.15) is 5.69 Å². The Labute approximate surface area is 124 Å². The highest BCUT2D eigenvalue weighted by Crippen LogP contribution is 2.34. The van der Waals surface area contributed by atoms with E-state index in [1.54, 1.807) is 6.07 Å². The summed E-state index contributed by atoms with van der Waals surface area (Å²) in [7, 11) is -3.99. The van der Waals surface area contributed by atoms with Crippen LogP contribution in [0, 0.1) is 10.1 Å². The summed E-state index contributed by atoms with van der Waals surface area (Å²) in [5, 5.41) is 19.4. The summed E-state index contributed by atoms with van der Waals surface area (Å²) in [6.07, 6.45) is 0. The van der Waals surface area contributed by atoms with Crippen LogP contribution in [-0.2, 0) is 10.0 Å². The number of nitro groups is 1. The summed E-state index contributed by atoms with van der Waals surface area (Å²) in [4.78, 5) is 12.7. The molecule has 2 N–H and O–H groups in total. The van der Waals surface area contributed by atoms with Gasteiger partial charge in [0.15, 0.2) is 0 Å². The zero-order valence-corrected chi connectivity index (χ0v) is 11.8. The Balaban J connectivity index is 2.73. The summed E-state index contributed by atoms with van der Waals surface area (Å²) >= 11 is 0. The molecular formula is C12H9N5O4S. The Morgan fingerprint density at radius 3 is 2.50 bits per heavy atom. The number of nitrogens with zero attached hydrogens (tertiary/aromatic N) is 4. The molecule has 9 nitrogen and oxygen atoms in total. The van der Waals surface area contributed by atoms with E-state index in [0.29, 0.717) is 0 Å². The third-order valence-corrected chi connectivity index (χ3v) is 3.80. The highest BCUT2D eigenvalue weighted by atomic mass is 32.2. The molecule has 0 atom stereocenters. The highest BCUT2D eigenvalue weighted by molar-refractivity contribution is 7.89. The maximum atomic E-state index is 11.6. The Bertz CT molecular complexity index is 903. The largest absolute Gasteiger partial charge is 0.279 e. The molecule has 0 aliphatic heterocycles. The normalized spacial score (nSPS) is 10.8. The third kappa shape index (κ3) is 3.04.